The molecule has 0 bridgehead atoms. The molecule has 0 saturated heterocycles. The van der Waals surface area contributed by atoms with Crippen molar-refractivity contribution in [3.8, 4) is 50.2 Å². The van der Waals surface area contributed by atoms with E-state index in [-0.39, 0.29) is 0 Å². The van der Waals surface area contributed by atoms with E-state index in [9.17, 15) is 0 Å². The third-order valence-corrected chi connectivity index (χ3v) is 15.9. The third-order valence-electron chi connectivity index (χ3n) is 15.9. The summed E-state index contributed by atoms with van der Waals surface area (Å²) < 4.78 is 9.58. The molecule has 76 heavy (non-hydrogen) atoms. The summed E-state index contributed by atoms with van der Waals surface area (Å²) in [5.41, 5.74) is 22.2. The minimum atomic E-state index is -0.468. The standard InChI is InChI=1S/C73H48N2O/c1-5-21-49(22-6-1)50-39-42-55(43-40-50)74(66-35-17-14-29-57(66)51-23-7-2-8-24-51)56-44-45-61-60-31-15-18-36-67(60)75(69(61)48-56)68-37-20-38-70-71(68)62-33-19-32-58(72(62)76-70)52-41-46-65-63(47-52)59-30-13-16-34-64(59)73(65,53-25-9-3-10-26-53)54-27-11-4-12-28-54/h1-48H. The Hall–Kier alpha value is -9.96. The Morgan fingerprint density at radius 3 is 1.64 bits per heavy atom. The zero-order chi connectivity index (χ0) is 50.2. The fourth-order valence-electron chi connectivity index (χ4n) is 12.6. The molecule has 0 radical (unpaired) electrons. The predicted molar refractivity (Wildman–Crippen MR) is 316 cm³/mol. The van der Waals surface area contributed by atoms with Crippen molar-refractivity contribution in [1.29, 1.82) is 0 Å². The molecule has 0 saturated carbocycles. The first kappa shape index (κ1) is 43.6. The van der Waals surface area contributed by atoms with Crippen LogP contribution in [-0.4, -0.2) is 4.57 Å². The molecule has 0 N–H and O–H groups in total. The number of benzene rings is 12. The average molecular weight is 969 g/mol. The van der Waals surface area contributed by atoms with Crippen LogP contribution in [0.4, 0.5) is 17.1 Å². The number of anilines is 3. The van der Waals surface area contributed by atoms with E-state index in [0.717, 1.165) is 78.0 Å². The van der Waals surface area contributed by atoms with Crippen LogP contribution in [0.15, 0.2) is 296 Å². The molecule has 15 rings (SSSR count). The number of para-hydroxylation sites is 3. The van der Waals surface area contributed by atoms with Gasteiger partial charge in [-0.05, 0) is 110 Å². The van der Waals surface area contributed by atoms with Gasteiger partial charge in [0.25, 0.3) is 0 Å². The molecular weight excluding hydrogens is 921 g/mol. The van der Waals surface area contributed by atoms with Gasteiger partial charge in [-0.2, -0.15) is 0 Å². The van der Waals surface area contributed by atoms with E-state index in [1.807, 2.05) is 0 Å². The van der Waals surface area contributed by atoms with Crippen LogP contribution in [0.1, 0.15) is 22.3 Å². The Morgan fingerprint density at radius 2 is 0.882 bits per heavy atom. The topological polar surface area (TPSA) is 21.3 Å². The first-order chi connectivity index (χ1) is 37.7. The SMILES string of the molecule is c1ccc(-c2ccc(N(c3ccc4c5ccccc5n(-c5cccc6oc7c(-c8ccc9c(c8)-c8ccccc8C9(c8ccccc8)c8ccccc8)cccc7c56)c4c3)c3ccccc3-c3ccccc3)cc2)cc1. The first-order valence-electron chi connectivity index (χ1n) is 26.2. The Kier molecular flexibility index (Phi) is 10.1. The maximum atomic E-state index is 7.12. The van der Waals surface area contributed by atoms with Gasteiger partial charge in [-0.25, -0.2) is 0 Å². The summed E-state index contributed by atoms with van der Waals surface area (Å²) in [4.78, 5) is 2.41. The lowest BCUT2D eigenvalue weighted by molar-refractivity contribution is 0.670. The largest absolute Gasteiger partial charge is 0.455 e. The van der Waals surface area contributed by atoms with Gasteiger partial charge in [0.05, 0.1) is 33.2 Å². The Morgan fingerprint density at radius 1 is 0.329 bits per heavy atom. The number of rotatable bonds is 9. The maximum Gasteiger partial charge on any atom is 0.143 e. The molecule has 0 fully saturated rings. The van der Waals surface area contributed by atoms with Crippen molar-refractivity contribution in [2.75, 3.05) is 4.90 Å². The molecule has 2 aromatic heterocycles. The van der Waals surface area contributed by atoms with Gasteiger partial charge in [0.2, 0.25) is 0 Å². The van der Waals surface area contributed by atoms with Crippen LogP contribution >= 0.6 is 0 Å². The molecule has 356 valence electrons. The van der Waals surface area contributed by atoms with Crippen LogP contribution < -0.4 is 4.90 Å². The fraction of sp³-hybridized carbons (Fsp3) is 0.0137. The summed E-state index contributed by atoms with van der Waals surface area (Å²) >= 11 is 0. The van der Waals surface area contributed by atoms with E-state index >= 15 is 0 Å². The summed E-state index contributed by atoms with van der Waals surface area (Å²) in [5, 5.41) is 4.53. The number of hydrogen-bond donors (Lipinski definition) is 0. The Labute approximate surface area is 441 Å². The van der Waals surface area contributed by atoms with Gasteiger partial charge < -0.3 is 13.9 Å². The predicted octanol–water partition coefficient (Wildman–Crippen LogP) is 19.5. The van der Waals surface area contributed by atoms with Crippen molar-refractivity contribution < 1.29 is 4.42 Å². The number of fused-ring (bicyclic) bond motifs is 9. The zero-order valence-electron chi connectivity index (χ0n) is 41.5. The van der Waals surface area contributed by atoms with E-state index in [0.29, 0.717) is 0 Å². The minimum Gasteiger partial charge on any atom is -0.455 e. The minimum absolute atomic E-state index is 0.468. The second-order valence-electron chi connectivity index (χ2n) is 19.9. The third kappa shape index (κ3) is 6.69. The molecule has 0 amide bonds. The van der Waals surface area contributed by atoms with Crippen LogP contribution in [0.25, 0.3) is 93.9 Å². The number of aromatic nitrogens is 1. The molecule has 1 aliphatic carbocycles. The molecule has 0 aliphatic heterocycles. The molecule has 3 heteroatoms. The number of hydrogen-bond acceptors (Lipinski definition) is 2. The molecular formula is C73H48N2O. The van der Waals surface area contributed by atoms with Crippen LogP contribution in [0.2, 0.25) is 0 Å². The monoisotopic (exact) mass is 968 g/mol. The average Bonchev–Trinajstić information content (AvgIpc) is 4.22. The summed E-state index contributed by atoms with van der Waals surface area (Å²) in [7, 11) is 0. The Balaban J connectivity index is 0.917. The zero-order valence-corrected chi connectivity index (χ0v) is 41.5. The van der Waals surface area contributed by atoms with Crippen molar-refractivity contribution in [1.82, 2.24) is 4.57 Å². The van der Waals surface area contributed by atoms with Crippen molar-refractivity contribution in [3.05, 3.63) is 313 Å². The van der Waals surface area contributed by atoms with E-state index in [1.54, 1.807) is 0 Å². The van der Waals surface area contributed by atoms with E-state index in [2.05, 4.69) is 301 Å². The summed E-state index contributed by atoms with van der Waals surface area (Å²) in [6.07, 6.45) is 0. The molecule has 1 aliphatic rings. The normalized spacial score (nSPS) is 12.6. The molecule has 2 heterocycles. The highest BCUT2D eigenvalue weighted by Gasteiger charge is 2.46. The maximum absolute atomic E-state index is 7.12. The molecule has 12 aromatic carbocycles. The van der Waals surface area contributed by atoms with Crippen LogP contribution in [0, 0.1) is 0 Å². The van der Waals surface area contributed by atoms with Gasteiger partial charge in [-0.15, -0.1) is 0 Å². The lowest BCUT2D eigenvalue weighted by Gasteiger charge is -2.33. The van der Waals surface area contributed by atoms with E-state index < -0.39 is 5.41 Å². The van der Waals surface area contributed by atoms with Gasteiger partial charge in [0.15, 0.2) is 0 Å². The van der Waals surface area contributed by atoms with Gasteiger partial charge in [-0.3, -0.25) is 0 Å². The Bertz CT molecular complexity index is 4460. The van der Waals surface area contributed by atoms with Gasteiger partial charge in [0.1, 0.15) is 11.2 Å². The summed E-state index contributed by atoms with van der Waals surface area (Å²) in [5.74, 6) is 0. The highest BCUT2D eigenvalue weighted by Crippen LogP contribution is 2.57. The second-order valence-corrected chi connectivity index (χ2v) is 19.9. The van der Waals surface area contributed by atoms with Gasteiger partial charge in [-0.1, -0.05) is 237 Å². The van der Waals surface area contributed by atoms with Gasteiger partial charge >= 0.3 is 0 Å². The summed E-state index contributed by atoms with van der Waals surface area (Å²) in [6, 6.07) is 106. The molecule has 0 atom stereocenters. The number of furan rings is 1. The molecule has 3 nitrogen and oxygen atoms in total. The van der Waals surface area contributed by atoms with Crippen molar-refractivity contribution in [2.24, 2.45) is 0 Å². The molecule has 0 spiro atoms. The first-order valence-corrected chi connectivity index (χ1v) is 26.2. The van der Waals surface area contributed by atoms with Crippen LogP contribution in [-0.2, 0) is 5.41 Å². The summed E-state index contributed by atoms with van der Waals surface area (Å²) in [6.45, 7) is 0. The van der Waals surface area contributed by atoms with Crippen molar-refractivity contribution in [3.63, 3.8) is 0 Å². The number of nitrogens with zero attached hydrogens (tertiary/aromatic N) is 2. The lowest BCUT2D eigenvalue weighted by Crippen LogP contribution is -2.28. The quantitative estimate of drug-likeness (QED) is 0.144. The molecule has 14 aromatic rings. The van der Waals surface area contributed by atoms with E-state index in [4.69, 9.17) is 4.42 Å². The fourth-order valence-corrected chi connectivity index (χ4v) is 12.6. The van der Waals surface area contributed by atoms with Crippen LogP contribution in [0.3, 0.4) is 0 Å². The van der Waals surface area contributed by atoms with Crippen LogP contribution in [0.5, 0.6) is 0 Å². The van der Waals surface area contributed by atoms with Crippen molar-refractivity contribution in [2.45, 2.75) is 5.41 Å². The molecule has 0 unspecified atom stereocenters. The van der Waals surface area contributed by atoms with Crippen molar-refractivity contribution >= 4 is 60.8 Å². The lowest BCUT2D eigenvalue weighted by atomic mass is 9.67. The highest BCUT2D eigenvalue weighted by atomic mass is 16.3. The highest BCUT2D eigenvalue weighted by molar-refractivity contribution is 6.17. The van der Waals surface area contributed by atoms with E-state index in [1.165, 1.54) is 55.3 Å². The van der Waals surface area contributed by atoms with Gasteiger partial charge in [0, 0.05) is 38.7 Å². The smallest absolute Gasteiger partial charge is 0.143 e. The second kappa shape index (κ2) is 17.6.